The summed E-state index contributed by atoms with van der Waals surface area (Å²) < 4.78 is 5.57. The van der Waals surface area contributed by atoms with Gasteiger partial charge in [0.15, 0.2) is 0 Å². The van der Waals surface area contributed by atoms with Gasteiger partial charge in [0.1, 0.15) is 0 Å². The monoisotopic (exact) mass is 429 g/mol. The summed E-state index contributed by atoms with van der Waals surface area (Å²) >= 11 is 0. The van der Waals surface area contributed by atoms with Crippen molar-refractivity contribution in [1.29, 1.82) is 0 Å². The first kappa shape index (κ1) is 29.9. The molecule has 1 aromatic heterocycles. The topological polar surface area (TPSA) is 50.4 Å². The van der Waals surface area contributed by atoms with Gasteiger partial charge in [-0.1, -0.05) is 0 Å². The average molecular weight is 430 g/mol. The minimum atomic E-state index is -0.353. The van der Waals surface area contributed by atoms with E-state index in [4.69, 9.17) is 4.42 Å². The molecule has 3 nitrogen and oxygen atoms in total. The van der Waals surface area contributed by atoms with E-state index in [2.05, 4.69) is 59.4 Å². The molecule has 32 heavy (non-hydrogen) atoms. The Hall–Kier alpha value is -0.121. The van der Waals surface area contributed by atoms with Crippen LogP contribution >= 0.6 is 10.3 Å². The molecule has 0 bridgehead atoms. The molecular formula is C16H37B12O3S-. The van der Waals surface area contributed by atoms with Crippen LogP contribution in [0.4, 0.5) is 0 Å². The van der Waals surface area contributed by atoms with Gasteiger partial charge >= 0.3 is 208 Å². The van der Waals surface area contributed by atoms with E-state index in [1.54, 1.807) is 0 Å². The molecule has 0 fully saturated rings. The zero-order valence-electron chi connectivity index (χ0n) is 21.6. The molecule has 1 unspecified atom stereocenters. The van der Waals surface area contributed by atoms with Crippen molar-refractivity contribution in [3.05, 3.63) is 28.3 Å². The molecule has 2 radical (unpaired) electrons. The quantitative estimate of drug-likeness (QED) is 0.228. The molecule has 1 atom stereocenters. The summed E-state index contributed by atoms with van der Waals surface area (Å²) in [4.78, 5) is 11.9. The van der Waals surface area contributed by atoms with Gasteiger partial charge in [-0.05, 0) is 0 Å². The fourth-order valence-electron chi connectivity index (χ4n) is 4.71. The van der Waals surface area contributed by atoms with Gasteiger partial charge in [-0.15, -0.1) is 0 Å². The summed E-state index contributed by atoms with van der Waals surface area (Å²) in [6.07, 6.45) is 14.2. The van der Waals surface area contributed by atoms with E-state index >= 15 is 0 Å². The third kappa shape index (κ3) is 11.3. The molecule has 1 aromatic rings. The summed E-state index contributed by atoms with van der Waals surface area (Å²) in [5.74, 6) is 2.25. The molecule has 162 valence electrons. The molecular weight excluding hydrogens is 392 g/mol. The Kier molecular flexibility index (Phi) is 15.4. The van der Waals surface area contributed by atoms with E-state index in [-0.39, 0.29) is 21.5 Å². The first-order chi connectivity index (χ1) is 15.2. The molecule has 0 saturated carbocycles. The Bertz CT molecular complexity index is 737. The molecule has 0 amide bonds. The molecule has 0 aliphatic carbocycles. The maximum atomic E-state index is 11.9. The third-order valence-corrected chi connectivity index (χ3v) is 8.61. The Morgan fingerprint density at radius 3 is 2.12 bits per heavy atom. The van der Waals surface area contributed by atoms with E-state index in [1.165, 1.54) is 63.7 Å². The van der Waals surface area contributed by atoms with Crippen LogP contribution in [0.15, 0.2) is 21.5 Å². The molecule has 1 heterocycles. The summed E-state index contributed by atoms with van der Waals surface area (Å²) in [7, 11) is 15.9. The van der Waals surface area contributed by atoms with Gasteiger partial charge in [-0.2, -0.15) is 0 Å². The molecule has 0 aromatic carbocycles. The number of aromatic hydroxyl groups is 1. The fraction of sp³-hybridized carbons (Fsp3) is 0.688. The second-order valence-corrected chi connectivity index (χ2v) is 12.3. The molecule has 1 N–H and O–H groups in total. The zero-order chi connectivity index (χ0) is 24.1. The molecule has 0 saturated heterocycles. The van der Waals surface area contributed by atoms with Crippen molar-refractivity contribution in [3.63, 3.8) is 0 Å². The second kappa shape index (κ2) is 16.5. The SMILES string of the molecule is [10BH-][10B]([10BH2])[10B]([10B]([10BH2])[10BH2])[10B]([10B]=S(CCCCCCCCCC)Cc1cc(=O)c(O)co1)[10B]([10BH2])[10BH2]. The van der Waals surface area contributed by atoms with Crippen LogP contribution in [0.1, 0.15) is 64.1 Å². The van der Waals surface area contributed by atoms with Crippen molar-refractivity contribution in [2.45, 2.75) is 64.0 Å². The van der Waals surface area contributed by atoms with Crippen LogP contribution in [0.25, 0.3) is 0 Å². The van der Waals surface area contributed by atoms with E-state index in [0.717, 1.165) is 11.5 Å². The average Bonchev–Trinajstić information content (AvgIpc) is 2.71. The Labute approximate surface area is 207 Å². The molecule has 0 aliphatic heterocycles. The molecule has 16 heteroatoms. The second-order valence-electron chi connectivity index (χ2n) is 10.2. The Balaban J connectivity index is 2.95. The van der Waals surface area contributed by atoms with Crippen LogP contribution in [0.3, 0.4) is 0 Å². The van der Waals surface area contributed by atoms with Gasteiger partial charge in [0, 0.05) is 0 Å². The summed E-state index contributed by atoms with van der Waals surface area (Å²) in [5.41, 5.74) is -0.353. The van der Waals surface area contributed by atoms with Crippen LogP contribution in [0, 0.1) is 0 Å². The van der Waals surface area contributed by atoms with Gasteiger partial charge in [0.05, 0.1) is 0 Å². The van der Waals surface area contributed by atoms with Crippen LogP contribution in [0.2, 0.25) is 0 Å². The maximum absolute atomic E-state index is 11.9. The van der Waals surface area contributed by atoms with Crippen molar-refractivity contribution < 1.29 is 9.52 Å². The van der Waals surface area contributed by atoms with Crippen molar-refractivity contribution in [2.75, 3.05) is 5.75 Å². The van der Waals surface area contributed by atoms with E-state index in [9.17, 15) is 9.90 Å². The van der Waals surface area contributed by atoms with Crippen molar-refractivity contribution in [1.82, 2.24) is 0 Å². The molecule has 0 aliphatic rings. The van der Waals surface area contributed by atoms with Gasteiger partial charge < -0.3 is 0 Å². The van der Waals surface area contributed by atoms with Crippen LogP contribution in [-0.4, -0.2) is 95.3 Å². The Morgan fingerprint density at radius 1 is 1.03 bits per heavy atom. The first-order valence-electron chi connectivity index (χ1n) is 12.8. The van der Waals surface area contributed by atoms with Gasteiger partial charge in [0.25, 0.3) is 0 Å². The summed E-state index contributed by atoms with van der Waals surface area (Å²) in [6, 6.07) is 4.04. The predicted molar refractivity (Wildman–Crippen MR) is 170 cm³/mol. The standard InChI is InChI=1S/C16H37B12O3S/c1-2-3-4-5-6-7-8-9-10-32(13-14-11-15(29)16(30)12-31-14)23-27(24(17)18)28(25(19)20)26(21)22/h11-12,19,30H,2-10,13,17-18,20-22H2,1H3/q-1/i17-1,18-1,19-1,20-1,21-1,22-1,23-1,24-1,25-1,26-1,27-1,28-1. The molecule has 0 spiro atoms. The third-order valence-electron chi connectivity index (χ3n) is 6.44. The van der Waals surface area contributed by atoms with Crippen molar-refractivity contribution in [3.8, 4) is 5.75 Å². The van der Waals surface area contributed by atoms with Crippen molar-refractivity contribution >= 4 is 94.7 Å². The number of hydrogen-bond acceptors (Lipinski definition) is 3. The van der Waals surface area contributed by atoms with Gasteiger partial charge in [-0.25, -0.2) is 0 Å². The fourth-order valence-corrected chi connectivity index (χ4v) is 7.12. The van der Waals surface area contributed by atoms with Crippen LogP contribution < -0.4 is 5.43 Å². The van der Waals surface area contributed by atoms with E-state index in [0.29, 0.717) is 37.7 Å². The minimum absolute atomic E-state index is 0.0281. The zero-order valence-corrected chi connectivity index (χ0v) is 22.4. The summed E-state index contributed by atoms with van der Waals surface area (Å²) in [6.45, 7) is 2.26. The Morgan fingerprint density at radius 2 is 1.62 bits per heavy atom. The normalized spacial score (nSPS) is 11.6. The van der Waals surface area contributed by atoms with Crippen molar-refractivity contribution in [2.24, 2.45) is 0 Å². The summed E-state index contributed by atoms with van der Waals surface area (Å²) in [5, 5.41) is 9.55. The van der Waals surface area contributed by atoms with Gasteiger partial charge in [-0.3, -0.25) is 0 Å². The molecule has 1 rings (SSSR count). The number of unbranched alkanes of at least 4 members (excludes halogenated alkanes) is 7. The van der Waals surface area contributed by atoms with Crippen LogP contribution in [0.5, 0.6) is 5.75 Å². The predicted octanol–water partition coefficient (Wildman–Crippen LogP) is -2.79. The van der Waals surface area contributed by atoms with Crippen LogP contribution in [-0.2, 0) is 5.75 Å². The first-order valence-corrected chi connectivity index (χ1v) is 14.4. The number of rotatable bonds is 16. The van der Waals surface area contributed by atoms with E-state index < -0.39 is 0 Å². The number of hydrogen-bond donors (Lipinski definition) is 1. The van der Waals surface area contributed by atoms with Gasteiger partial charge in [0.2, 0.25) is 0 Å². The van der Waals surface area contributed by atoms with E-state index in [1.807, 2.05) is 0 Å².